The van der Waals surface area contributed by atoms with Crippen molar-refractivity contribution in [1.29, 1.82) is 0 Å². The van der Waals surface area contributed by atoms with E-state index in [-0.39, 0.29) is 30.1 Å². The zero-order chi connectivity index (χ0) is 23.6. The summed E-state index contributed by atoms with van der Waals surface area (Å²) < 4.78 is 0. The Balaban J connectivity index is 1.34. The fourth-order valence-electron chi connectivity index (χ4n) is 4.59. The van der Waals surface area contributed by atoms with Crippen LogP contribution in [0.2, 0.25) is 0 Å². The molecule has 2 amide bonds. The standard InChI is InChI=1S/C29H33N3O2/c33-28(20-24-14-7-8-16-27(24)32-29(34)25-15-9-18-30-21-25)31-19-17-26(22-10-3-1-4-11-22)23-12-5-2-6-13-23/h1-8,10-14,16,25-26,30H,9,15,17-21H2,(H,31,33)(H,32,34). The number of rotatable bonds is 9. The van der Waals surface area contributed by atoms with Crippen molar-refractivity contribution in [2.75, 3.05) is 25.0 Å². The number of piperidine rings is 1. The summed E-state index contributed by atoms with van der Waals surface area (Å²) in [6.45, 7) is 2.25. The molecule has 4 rings (SSSR count). The molecule has 0 saturated carbocycles. The fraction of sp³-hybridized carbons (Fsp3) is 0.310. The maximum absolute atomic E-state index is 12.8. The van der Waals surface area contributed by atoms with E-state index in [9.17, 15) is 9.59 Å². The van der Waals surface area contributed by atoms with Crippen LogP contribution in [0.4, 0.5) is 5.69 Å². The first kappa shape index (κ1) is 23.7. The minimum absolute atomic E-state index is 0.0219. The van der Waals surface area contributed by atoms with Crippen molar-refractivity contribution in [3.8, 4) is 0 Å². The molecule has 1 atom stereocenters. The first-order chi connectivity index (χ1) is 16.7. The summed E-state index contributed by atoms with van der Waals surface area (Å²) in [7, 11) is 0. The molecule has 1 aliphatic heterocycles. The number of amides is 2. The maximum atomic E-state index is 12.8. The molecule has 1 heterocycles. The summed E-state index contributed by atoms with van der Waals surface area (Å²) in [5.74, 6) is 0.177. The lowest BCUT2D eigenvalue weighted by Crippen LogP contribution is -2.37. The predicted octanol–water partition coefficient (Wildman–Crippen LogP) is 4.51. The largest absolute Gasteiger partial charge is 0.356 e. The van der Waals surface area contributed by atoms with Gasteiger partial charge in [0.1, 0.15) is 0 Å². The number of carbonyl (C=O) groups is 2. The van der Waals surface area contributed by atoms with Gasteiger partial charge in [0.15, 0.2) is 0 Å². The Kier molecular flexibility index (Phi) is 8.47. The number of benzene rings is 3. The third kappa shape index (κ3) is 6.55. The first-order valence-corrected chi connectivity index (χ1v) is 12.2. The highest BCUT2D eigenvalue weighted by Crippen LogP contribution is 2.27. The lowest BCUT2D eigenvalue weighted by atomic mass is 9.88. The van der Waals surface area contributed by atoms with Crippen molar-refractivity contribution in [2.24, 2.45) is 5.92 Å². The van der Waals surface area contributed by atoms with E-state index in [1.54, 1.807) is 0 Å². The van der Waals surface area contributed by atoms with E-state index in [0.717, 1.165) is 37.1 Å². The maximum Gasteiger partial charge on any atom is 0.228 e. The summed E-state index contributed by atoms with van der Waals surface area (Å²) in [6, 6.07) is 28.4. The molecular weight excluding hydrogens is 422 g/mol. The van der Waals surface area contributed by atoms with Crippen molar-refractivity contribution in [3.63, 3.8) is 0 Å². The van der Waals surface area contributed by atoms with Crippen LogP contribution >= 0.6 is 0 Å². The molecule has 0 bridgehead atoms. The van der Waals surface area contributed by atoms with Crippen LogP contribution in [0.5, 0.6) is 0 Å². The molecule has 5 heteroatoms. The summed E-state index contributed by atoms with van der Waals surface area (Å²) in [5.41, 5.74) is 4.04. The van der Waals surface area contributed by atoms with Gasteiger partial charge in [-0.15, -0.1) is 0 Å². The quantitative estimate of drug-likeness (QED) is 0.445. The zero-order valence-electron chi connectivity index (χ0n) is 19.5. The molecule has 1 fully saturated rings. The van der Waals surface area contributed by atoms with Crippen molar-refractivity contribution in [1.82, 2.24) is 10.6 Å². The van der Waals surface area contributed by atoms with Gasteiger partial charge in [-0.3, -0.25) is 9.59 Å². The van der Waals surface area contributed by atoms with Crippen molar-refractivity contribution in [3.05, 3.63) is 102 Å². The first-order valence-electron chi connectivity index (χ1n) is 12.2. The Morgan fingerprint density at radius 2 is 1.53 bits per heavy atom. The monoisotopic (exact) mass is 455 g/mol. The fourth-order valence-corrected chi connectivity index (χ4v) is 4.59. The SMILES string of the molecule is O=C(Cc1ccccc1NC(=O)C1CCCNC1)NCCC(c1ccccc1)c1ccccc1. The van der Waals surface area contributed by atoms with Crippen LogP contribution in [-0.4, -0.2) is 31.4 Å². The highest BCUT2D eigenvalue weighted by molar-refractivity contribution is 5.94. The summed E-state index contributed by atoms with van der Waals surface area (Å²) in [6.07, 6.45) is 2.95. The molecule has 0 aliphatic carbocycles. The Morgan fingerprint density at radius 3 is 2.18 bits per heavy atom. The van der Waals surface area contributed by atoms with Crippen LogP contribution in [0, 0.1) is 5.92 Å². The van der Waals surface area contributed by atoms with E-state index in [2.05, 4.69) is 64.5 Å². The van der Waals surface area contributed by atoms with Gasteiger partial charge in [-0.05, 0) is 48.6 Å². The minimum Gasteiger partial charge on any atom is -0.356 e. The van der Waals surface area contributed by atoms with Gasteiger partial charge in [0, 0.05) is 24.7 Å². The molecule has 0 radical (unpaired) electrons. The van der Waals surface area contributed by atoms with Gasteiger partial charge in [0.2, 0.25) is 11.8 Å². The molecule has 3 N–H and O–H groups in total. The molecule has 0 spiro atoms. The topological polar surface area (TPSA) is 70.2 Å². The number of hydrogen-bond donors (Lipinski definition) is 3. The van der Waals surface area contributed by atoms with Gasteiger partial charge in [-0.25, -0.2) is 0 Å². The molecule has 3 aromatic carbocycles. The molecule has 1 aliphatic rings. The molecule has 1 saturated heterocycles. The Labute approximate surface area is 202 Å². The highest BCUT2D eigenvalue weighted by atomic mass is 16.2. The van der Waals surface area contributed by atoms with Crippen LogP contribution in [0.25, 0.3) is 0 Å². The van der Waals surface area contributed by atoms with E-state index in [1.165, 1.54) is 11.1 Å². The number of para-hydroxylation sites is 1. The van der Waals surface area contributed by atoms with Crippen LogP contribution < -0.4 is 16.0 Å². The number of nitrogens with one attached hydrogen (secondary N) is 3. The van der Waals surface area contributed by atoms with Crippen molar-refractivity contribution < 1.29 is 9.59 Å². The van der Waals surface area contributed by atoms with E-state index in [1.807, 2.05) is 36.4 Å². The molecule has 34 heavy (non-hydrogen) atoms. The van der Waals surface area contributed by atoms with Crippen LogP contribution in [0.1, 0.15) is 41.9 Å². The van der Waals surface area contributed by atoms with Crippen LogP contribution in [-0.2, 0) is 16.0 Å². The zero-order valence-corrected chi connectivity index (χ0v) is 19.5. The molecule has 3 aromatic rings. The third-order valence-electron chi connectivity index (χ3n) is 6.45. The highest BCUT2D eigenvalue weighted by Gasteiger charge is 2.22. The van der Waals surface area contributed by atoms with Gasteiger partial charge in [-0.1, -0.05) is 78.9 Å². The van der Waals surface area contributed by atoms with Gasteiger partial charge in [0.25, 0.3) is 0 Å². The minimum atomic E-state index is -0.0408. The lowest BCUT2D eigenvalue weighted by Gasteiger charge is -2.22. The third-order valence-corrected chi connectivity index (χ3v) is 6.45. The number of carbonyl (C=O) groups excluding carboxylic acids is 2. The normalized spacial score (nSPS) is 15.6. The second-order valence-electron chi connectivity index (χ2n) is 8.88. The Hall–Kier alpha value is -3.44. The summed E-state index contributed by atoms with van der Waals surface area (Å²) >= 11 is 0. The lowest BCUT2D eigenvalue weighted by molar-refractivity contribution is -0.121. The van der Waals surface area contributed by atoms with E-state index < -0.39 is 0 Å². The molecule has 5 nitrogen and oxygen atoms in total. The van der Waals surface area contributed by atoms with E-state index >= 15 is 0 Å². The van der Waals surface area contributed by atoms with Gasteiger partial charge in [-0.2, -0.15) is 0 Å². The molecule has 0 aromatic heterocycles. The smallest absolute Gasteiger partial charge is 0.228 e. The average molecular weight is 456 g/mol. The van der Waals surface area contributed by atoms with Crippen molar-refractivity contribution in [2.45, 2.75) is 31.6 Å². The second-order valence-corrected chi connectivity index (χ2v) is 8.88. The number of hydrogen-bond acceptors (Lipinski definition) is 3. The summed E-state index contributed by atoms with van der Waals surface area (Å²) in [5, 5.41) is 9.41. The van der Waals surface area contributed by atoms with Crippen LogP contribution in [0.3, 0.4) is 0 Å². The summed E-state index contributed by atoms with van der Waals surface area (Å²) in [4.78, 5) is 25.4. The molecule has 1 unspecified atom stereocenters. The van der Waals surface area contributed by atoms with Crippen LogP contribution in [0.15, 0.2) is 84.9 Å². The van der Waals surface area contributed by atoms with E-state index in [4.69, 9.17) is 0 Å². The Morgan fingerprint density at radius 1 is 0.882 bits per heavy atom. The molecule has 176 valence electrons. The molecular formula is C29H33N3O2. The Bertz CT molecular complexity index is 1020. The number of anilines is 1. The second kappa shape index (κ2) is 12.1. The average Bonchev–Trinajstić information content (AvgIpc) is 2.89. The van der Waals surface area contributed by atoms with Gasteiger partial charge >= 0.3 is 0 Å². The van der Waals surface area contributed by atoms with Crippen molar-refractivity contribution >= 4 is 17.5 Å². The van der Waals surface area contributed by atoms with Gasteiger partial charge in [0.05, 0.1) is 12.3 Å². The van der Waals surface area contributed by atoms with Gasteiger partial charge < -0.3 is 16.0 Å². The predicted molar refractivity (Wildman–Crippen MR) is 137 cm³/mol. The van der Waals surface area contributed by atoms with E-state index in [0.29, 0.717) is 13.1 Å².